The molecule has 0 aliphatic heterocycles. The standard InChI is InChI=1S/C13H18F3NO/c1-2-10(7-8-18)9-17-12-6-4-3-5-11(12)13(14,15)16/h3-6,10,17-18H,2,7-9H2,1H3. The highest BCUT2D eigenvalue weighted by Gasteiger charge is 2.33. The first-order valence-corrected chi connectivity index (χ1v) is 6.00. The number of para-hydroxylation sites is 1. The Balaban J connectivity index is 2.73. The summed E-state index contributed by atoms with van der Waals surface area (Å²) in [6, 6.07) is 5.44. The predicted octanol–water partition coefficient (Wildman–Crippen LogP) is 3.53. The number of hydrogen-bond donors (Lipinski definition) is 2. The summed E-state index contributed by atoms with van der Waals surface area (Å²) >= 11 is 0. The molecule has 1 atom stereocenters. The van der Waals surface area contributed by atoms with Crippen molar-refractivity contribution < 1.29 is 18.3 Å². The van der Waals surface area contributed by atoms with Crippen LogP contribution in [0, 0.1) is 5.92 Å². The van der Waals surface area contributed by atoms with Crippen LogP contribution >= 0.6 is 0 Å². The topological polar surface area (TPSA) is 32.3 Å². The lowest BCUT2D eigenvalue weighted by atomic mass is 10.0. The molecule has 0 saturated carbocycles. The van der Waals surface area contributed by atoms with Gasteiger partial charge in [0.05, 0.1) is 5.56 Å². The summed E-state index contributed by atoms with van der Waals surface area (Å²) in [5.41, 5.74) is -0.551. The van der Waals surface area contributed by atoms with Crippen LogP contribution in [0.15, 0.2) is 24.3 Å². The second-order valence-corrected chi connectivity index (χ2v) is 4.21. The van der Waals surface area contributed by atoms with E-state index in [1.807, 2.05) is 6.92 Å². The Hall–Kier alpha value is -1.23. The van der Waals surface area contributed by atoms with Crippen molar-refractivity contribution in [2.24, 2.45) is 5.92 Å². The van der Waals surface area contributed by atoms with Crippen LogP contribution in [0.2, 0.25) is 0 Å². The van der Waals surface area contributed by atoms with E-state index in [9.17, 15) is 13.2 Å². The maximum atomic E-state index is 12.7. The van der Waals surface area contributed by atoms with Crippen molar-refractivity contribution in [2.75, 3.05) is 18.5 Å². The molecule has 2 N–H and O–H groups in total. The number of nitrogens with one attached hydrogen (secondary N) is 1. The van der Waals surface area contributed by atoms with Gasteiger partial charge in [0.25, 0.3) is 0 Å². The lowest BCUT2D eigenvalue weighted by molar-refractivity contribution is -0.137. The van der Waals surface area contributed by atoms with Crippen molar-refractivity contribution in [1.82, 2.24) is 0 Å². The van der Waals surface area contributed by atoms with Gasteiger partial charge in [-0.3, -0.25) is 0 Å². The van der Waals surface area contributed by atoms with Crippen LogP contribution < -0.4 is 5.32 Å². The van der Waals surface area contributed by atoms with Crippen LogP contribution in [-0.4, -0.2) is 18.3 Å². The average Bonchev–Trinajstić information content (AvgIpc) is 2.33. The van der Waals surface area contributed by atoms with Crippen molar-refractivity contribution in [1.29, 1.82) is 0 Å². The quantitative estimate of drug-likeness (QED) is 0.821. The number of halogens is 3. The zero-order chi connectivity index (χ0) is 13.6. The molecule has 0 aromatic heterocycles. The van der Waals surface area contributed by atoms with Crippen LogP contribution in [0.5, 0.6) is 0 Å². The molecule has 2 nitrogen and oxygen atoms in total. The van der Waals surface area contributed by atoms with Crippen molar-refractivity contribution >= 4 is 5.69 Å². The SMILES string of the molecule is CCC(CCO)CNc1ccccc1C(F)(F)F. The lowest BCUT2D eigenvalue weighted by Crippen LogP contribution is -2.17. The van der Waals surface area contributed by atoms with Gasteiger partial charge in [-0.05, 0) is 24.5 Å². The highest BCUT2D eigenvalue weighted by atomic mass is 19.4. The largest absolute Gasteiger partial charge is 0.418 e. The smallest absolute Gasteiger partial charge is 0.396 e. The third kappa shape index (κ3) is 4.22. The van der Waals surface area contributed by atoms with E-state index < -0.39 is 11.7 Å². The third-order valence-electron chi connectivity index (χ3n) is 2.93. The van der Waals surface area contributed by atoms with Gasteiger partial charge >= 0.3 is 6.18 Å². The van der Waals surface area contributed by atoms with Gasteiger partial charge in [-0.1, -0.05) is 25.5 Å². The van der Waals surface area contributed by atoms with E-state index >= 15 is 0 Å². The van der Waals surface area contributed by atoms with E-state index in [-0.39, 0.29) is 18.2 Å². The molecular formula is C13H18F3NO. The minimum Gasteiger partial charge on any atom is -0.396 e. The van der Waals surface area contributed by atoms with Gasteiger partial charge in [0.15, 0.2) is 0 Å². The molecule has 0 heterocycles. The predicted molar refractivity (Wildman–Crippen MR) is 65.4 cm³/mol. The number of anilines is 1. The van der Waals surface area contributed by atoms with Gasteiger partial charge in [-0.2, -0.15) is 13.2 Å². The molecule has 102 valence electrons. The first-order chi connectivity index (χ1) is 8.49. The molecule has 1 unspecified atom stereocenters. The normalized spacial score (nSPS) is 13.4. The Labute approximate surface area is 105 Å². The molecule has 5 heteroatoms. The molecule has 0 fully saturated rings. The maximum absolute atomic E-state index is 12.7. The number of aliphatic hydroxyl groups is 1. The van der Waals surface area contributed by atoms with Crippen LogP contribution in [-0.2, 0) is 6.18 Å². The Kier molecular flexibility index (Phi) is 5.47. The number of alkyl halides is 3. The Morgan fingerprint density at radius 1 is 1.28 bits per heavy atom. The fourth-order valence-electron chi connectivity index (χ4n) is 1.77. The fourth-order valence-corrected chi connectivity index (χ4v) is 1.77. The number of hydrogen-bond acceptors (Lipinski definition) is 2. The molecule has 0 radical (unpaired) electrons. The maximum Gasteiger partial charge on any atom is 0.418 e. The molecule has 1 aromatic carbocycles. The van der Waals surface area contributed by atoms with Crippen molar-refractivity contribution in [2.45, 2.75) is 25.9 Å². The van der Waals surface area contributed by atoms with Crippen LogP contribution in [0.1, 0.15) is 25.3 Å². The number of aliphatic hydroxyl groups excluding tert-OH is 1. The summed E-state index contributed by atoms with van der Waals surface area (Å²) in [7, 11) is 0. The van der Waals surface area contributed by atoms with Crippen molar-refractivity contribution in [3.05, 3.63) is 29.8 Å². The van der Waals surface area contributed by atoms with E-state index in [1.54, 1.807) is 6.07 Å². The first kappa shape index (κ1) is 14.8. The highest BCUT2D eigenvalue weighted by Crippen LogP contribution is 2.34. The Morgan fingerprint density at radius 3 is 2.50 bits per heavy atom. The minimum absolute atomic E-state index is 0.0567. The number of benzene rings is 1. The number of rotatable bonds is 6. The van der Waals surface area contributed by atoms with Crippen LogP contribution in [0.25, 0.3) is 0 Å². The molecule has 0 aliphatic carbocycles. The minimum atomic E-state index is -4.34. The summed E-state index contributed by atoms with van der Waals surface area (Å²) in [4.78, 5) is 0. The molecule has 1 rings (SSSR count). The van der Waals surface area contributed by atoms with Gasteiger partial charge in [0.1, 0.15) is 0 Å². The Bertz CT molecular complexity index is 365. The molecule has 1 aromatic rings. The Morgan fingerprint density at radius 2 is 1.94 bits per heavy atom. The zero-order valence-electron chi connectivity index (χ0n) is 10.3. The molecule has 0 aliphatic rings. The van der Waals surface area contributed by atoms with E-state index in [0.717, 1.165) is 12.5 Å². The second-order valence-electron chi connectivity index (χ2n) is 4.21. The summed E-state index contributed by atoms with van der Waals surface area (Å²) < 4.78 is 38.2. The monoisotopic (exact) mass is 261 g/mol. The molecule has 0 saturated heterocycles. The molecule has 0 spiro atoms. The summed E-state index contributed by atoms with van der Waals surface area (Å²) in [6.45, 7) is 2.45. The molecule has 0 bridgehead atoms. The highest BCUT2D eigenvalue weighted by molar-refractivity contribution is 5.52. The van der Waals surface area contributed by atoms with Gasteiger partial charge in [0, 0.05) is 18.8 Å². The van der Waals surface area contributed by atoms with E-state index in [1.165, 1.54) is 12.1 Å². The fraction of sp³-hybridized carbons (Fsp3) is 0.538. The third-order valence-corrected chi connectivity index (χ3v) is 2.93. The van der Waals surface area contributed by atoms with Crippen molar-refractivity contribution in [3.8, 4) is 0 Å². The van der Waals surface area contributed by atoms with Crippen LogP contribution in [0.4, 0.5) is 18.9 Å². The van der Waals surface area contributed by atoms with Crippen LogP contribution in [0.3, 0.4) is 0 Å². The zero-order valence-corrected chi connectivity index (χ0v) is 10.3. The van der Waals surface area contributed by atoms with E-state index in [0.29, 0.717) is 13.0 Å². The van der Waals surface area contributed by atoms with E-state index in [4.69, 9.17) is 5.11 Å². The molecule has 0 amide bonds. The second kappa shape index (κ2) is 6.64. The van der Waals surface area contributed by atoms with Gasteiger partial charge in [0.2, 0.25) is 0 Å². The molecule has 18 heavy (non-hydrogen) atoms. The average molecular weight is 261 g/mol. The lowest BCUT2D eigenvalue weighted by Gasteiger charge is -2.18. The summed E-state index contributed by atoms with van der Waals surface area (Å²) in [5.74, 6) is 0.177. The van der Waals surface area contributed by atoms with Gasteiger partial charge in [-0.15, -0.1) is 0 Å². The first-order valence-electron chi connectivity index (χ1n) is 6.00. The van der Waals surface area contributed by atoms with Gasteiger partial charge < -0.3 is 10.4 Å². The van der Waals surface area contributed by atoms with Crippen molar-refractivity contribution in [3.63, 3.8) is 0 Å². The van der Waals surface area contributed by atoms with E-state index in [2.05, 4.69) is 5.32 Å². The summed E-state index contributed by atoms with van der Waals surface area (Å²) in [6.07, 6.45) is -2.93. The summed E-state index contributed by atoms with van der Waals surface area (Å²) in [5, 5.41) is 11.7. The molecular weight excluding hydrogens is 243 g/mol. The van der Waals surface area contributed by atoms with Gasteiger partial charge in [-0.25, -0.2) is 0 Å².